The molecular weight excluding hydrogens is 328 g/mol. The number of aromatic nitrogens is 2. The number of halogens is 1. The molecule has 3 N–H and O–H groups in total. The molecule has 20 heavy (non-hydrogen) atoms. The normalized spacial score (nSPS) is 10.7. The largest absolute Gasteiger partial charge is 0.507 e. The van der Waals surface area contributed by atoms with Crippen LogP contribution in [0, 0.1) is 0 Å². The molecule has 0 spiro atoms. The molecule has 7 nitrogen and oxygen atoms in total. The molecule has 0 bridgehead atoms. The third kappa shape index (κ3) is 3.51. The molecule has 0 saturated carbocycles. The van der Waals surface area contributed by atoms with E-state index in [0.29, 0.717) is 5.56 Å². The van der Waals surface area contributed by atoms with E-state index < -0.39 is 11.5 Å². The predicted molar refractivity (Wildman–Crippen MR) is 75.7 cm³/mol. The fourth-order valence-electron chi connectivity index (χ4n) is 1.32. The van der Waals surface area contributed by atoms with Gasteiger partial charge in [-0.25, -0.2) is 10.5 Å². The van der Waals surface area contributed by atoms with Crippen LogP contribution in [0.3, 0.4) is 0 Å². The summed E-state index contributed by atoms with van der Waals surface area (Å²) in [7, 11) is 0. The molecule has 0 unspecified atom stereocenters. The molecule has 102 valence electrons. The number of rotatable bonds is 3. The van der Waals surface area contributed by atoms with E-state index in [4.69, 9.17) is 0 Å². The second kappa shape index (κ2) is 6.11. The molecule has 0 saturated heterocycles. The molecule has 0 aliphatic rings. The number of nitrogens with zero attached hydrogens (tertiary/aromatic N) is 2. The number of nitrogens with one attached hydrogen (secondary N) is 2. The Labute approximate surface area is 121 Å². The van der Waals surface area contributed by atoms with Gasteiger partial charge in [0.1, 0.15) is 5.75 Å². The molecule has 0 aliphatic heterocycles. The molecule has 2 aromatic rings. The van der Waals surface area contributed by atoms with Crippen molar-refractivity contribution in [3.63, 3.8) is 0 Å². The fourth-order valence-corrected chi connectivity index (χ4v) is 1.70. The first kappa shape index (κ1) is 13.9. The summed E-state index contributed by atoms with van der Waals surface area (Å²) in [6, 6.07) is 7.28. The number of hydrazone groups is 1. The summed E-state index contributed by atoms with van der Waals surface area (Å²) in [5, 5.41) is 19.0. The molecule has 8 heteroatoms. The van der Waals surface area contributed by atoms with Crippen LogP contribution in [0.25, 0.3) is 0 Å². The maximum absolute atomic E-state index is 11.6. The van der Waals surface area contributed by atoms with Crippen molar-refractivity contribution in [1.82, 2.24) is 15.6 Å². The smallest absolute Gasteiger partial charge is 0.291 e. The number of carbonyl (C=O) groups is 1. The Morgan fingerprint density at radius 1 is 1.40 bits per heavy atom. The summed E-state index contributed by atoms with van der Waals surface area (Å²) in [5.41, 5.74) is 2.30. The molecule has 0 atom stereocenters. The Bertz CT molecular complexity index is 706. The summed E-state index contributed by atoms with van der Waals surface area (Å²) in [4.78, 5) is 22.4. The standard InChI is InChI=1S/C12H9BrN4O3/c13-8-1-3-10(18)7(5-8)6-14-17-12(20)9-2-4-11(19)16-15-9/h1-6,18H,(H,16,19)(H,17,20). The summed E-state index contributed by atoms with van der Waals surface area (Å²) in [5.74, 6) is -0.541. The monoisotopic (exact) mass is 336 g/mol. The van der Waals surface area contributed by atoms with Crippen LogP contribution in [0.1, 0.15) is 16.1 Å². The van der Waals surface area contributed by atoms with Gasteiger partial charge in [0.15, 0.2) is 5.69 Å². The van der Waals surface area contributed by atoms with Gasteiger partial charge in [-0.15, -0.1) is 0 Å². The number of aromatic hydroxyl groups is 1. The highest BCUT2D eigenvalue weighted by molar-refractivity contribution is 9.10. The molecule has 2 rings (SSSR count). The number of phenolic OH excluding ortho intramolecular Hbond substituents is 1. The highest BCUT2D eigenvalue weighted by Crippen LogP contribution is 2.19. The lowest BCUT2D eigenvalue weighted by molar-refractivity contribution is 0.0949. The predicted octanol–water partition coefficient (Wildman–Crippen LogP) is 1.00. The van der Waals surface area contributed by atoms with Gasteiger partial charge in [0.2, 0.25) is 0 Å². The third-order valence-corrected chi connectivity index (χ3v) is 2.76. The van der Waals surface area contributed by atoms with Gasteiger partial charge in [0.05, 0.1) is 6.21 Å². The van der Waals surface area contributed by atoms with Crippen LogP contribution >= 0.6 is 15.9 Å². The van der Waals surface area contributed by atoms with Crippen molar-refractivity contribution in [2.24, 2.45) is 5.10 Å². The molecule has 1 heterocycles. The molecule has 1 aromatic carbocycles. The Morgan fingerprint density at radius 3 is 2.90 bits per heavy atom. The lowest BCUT2D eigenvalue weighted by Gasteiger charge is -2.00. The lowest BCUT2D eigenvalue weighted by atomic mass is 10.2. The number of phenols is 1. The van der Waals surface area contributed by atoms with Gasteiger partial charge in [0.25, 0.3) is 11.5 Å². The Balaban J connectivity index is 2.06. The van der Waals surface area contributed by atoms with E-state index in [-0.39, 0.29) is 11.4 Å². The van der Waals surface area contributed by atoms with Crippen LogP contribution in [0.5, 0.6) is 5.75 Å². The molecule has 1 aromatic heterocycles. The quantitative estimate of drug-likeness (QED) is 0.574. The first-order valence-electron chi connectivity index (χ1n) is 5.44. The van der Waals surface area contributed by atoms with E-state index in [1.165, 1.54) is 24.4 Å². The van der Waals surface area contributed by atoms with Crippen molar-refractivity contribution in [3.05, 3.63) is 56.4 Å². The molecule has 1 amide bonds. The summed E-state index contributed by atoms with van der Waals surface area (Å²) >= 11 is 3.26. The minimum Gasteiger partial charge on any atom is -0.507 e. The second-order valence-corrected chi connectivity index (χ2v) is 4.62. The minimum atomic E-state index is -0.577. The number of benzene rings is 1. The number of H-pyrrole nitrogens is 1. The number of hydrogen-bond donors (Lipinski definition) is 3. The van der Waals surface area contributed by atoms with Gasteiger partial charge in [-0.2, -0.15) is 10.2 Å². The molecule has 0 fully saturated rings. The number of amides is 1. The van der Waals surface area contributed by atoms with Crippen molar-refractivity contribution in [2.75, 3.05) is 0 Å². The van der Waals surface area contributed by atoms with Gasteiger partial charge < -0.3 is 5.11 Å². The average Bonchev–Trinajstić information content (AvgIpc) is 2.43. The van der Waals surface area contributed by atoms with E-state index >= 15 is 0 Å². The topological polar surface area (TPSA) is 107 Å². The van der Waals surface area contributed by atoms with Crippen LogP contribution in [0.15, 0.2) is 44.7 Å². The van der Waals surface area contributed by atoms with Crippen LogP contribution in [-0.2, 0) is 0 Å². The van der Waals surface area contributed by atoms with E-state index in [2.05, 4.69) is 36.7 Å². The van der Waals surface area contributed by atoms with E-state index in [9.17, 15) is 14.7 Å². The van der Waals surface area contributed by atoms with Gasteiger partial charge in [-0.1, -0.05) is 15.9 Å². The van der Waals surface area contributed by atoms with Crippen molar-refractivity contribution in [3.8, 4) is 5.75 Å². The zero-order valence-corrected chi connectivity index (χ0v) is 11.6. The van der Waals surface area contributed by atoms with Gasteiger partial charge in [-0.05, 0) is 24.3 Å². The number of hydrogen-bond acceptors (Lipinski definition) is 5. The zero-order valence-electron chi connectivity index (χ0n) is 10.0. The first-order chi connectivity index (χ1) is 9.56. The van der Waals surface area contributed by atoms with Gasteiger partial charge >= 0.3 is 0 Å². The van der Waals surface area contributed by atoms with Crippen LogP contribution < -0.4 is 11.0 Å². The average molecular weight is 337 g/mol. The van der Waals surface area contributed by atoms with E-state index in [1.54, 1.807) is 12.1 Å². The molecular formula is C12H9BrN4O3. The summed E-state index contributed by atoms with van der Waals surface area (Å²) in [6.45, 7) is 0. The van der Waals surface area contributed by atoms with Crippen LogP contribution in [0.4, 0.5) is 0 Å². The van der Waals surface area contributed by atoms with E-state index in [1.807, 2.05) is 0 Å². The SMILES string of the molecule is O=C(NN=Cc1cc(Br)ccc1O)c1ccc(=O)[nH]n1. The summed E-state index contributed by atoms with van der Waals surface area (Å²) in [6.07, 6.45) is 1.30. The van der Waals surface area contributed by atoms with Gasteiger partial charge in [-0.3, -0.25) is 9.59 Å². The van der Waals surface area contributed by atoms with Crippen molar-refractivity contribution in [2.45, 2.75) is 0 Å². The maximum atomic E-state index is 11.6. The number of carbonyl (C=O) groups excluding carboxylic acids is 1. The fraction of sp³-hybridized carbons (Fsp3) is 0. The van der Waals surface area contributed by atoms with Crippen molar-refractivity contribution < 1.29 is 9.90 Å². The van der Waals surface area contributed by atoms with E-state index in [0.717, 1.165) is 4.47 Å². The number of aromatic amines is 1. The van der Waals surface area contributed by atoms with Crippen molar-refractivity contribution in [1.29, 1.82) is 0 Å². The lowest BCUT2D eigenvalue weighted by Crippen LogP contribution is -2.21. The minimum absolute atomic E-state index is 0.0280. The highest BCUT2D eigenvalue weighted by atomic mass is 79.9. The first-order valence-corrected chi connectivity index (χ1v) is 6.23. The highest BCUT2D eigenvalue weighted by Gasteiger charge is 2.05. The second-order valence-electron chi connectivity index (χ2n) is 3.71. The third-order valence-electron chi connectivity index (χ3n) is 2.27. The Hall–Kier alpha value is -2.48. The van der Waals surface area contributed by atoms with Crippen LogP contribution in [-0.4, -0.2) is 27.4 Å². The summed E-state index contributed by atoms with van der Waals surface area (Å²) < 4.78 is 0.769. The Morgan fingerprint density at radius 2 is 2.20 bits per heavy atom. The van der Waals surface area contributed by atoms with Crippen molar-refractivity contribution >= 4 is 28.1 Å². The molecule has 0 radical (unpaired) electrons. The zero-order chi connectivity index (χ0) is 14.5. The molecule has 0 aliphatic carbocycles. The van der Waals surface area contributed by atoms with Gasteiger partial charge in [0, 0.05) is 16.1 Å². The van der Waals surface area contributed by atoms with Crippen LogP contribution in [0.2, 0.25) is 0 Å². The maximum Gasteiger partial charge on any atom is 0.291 e. The Kier molecular flexibility index (Phi) is 4.26.